The fourth-order valence-corrected chi connectivity index (χ4v) is 0.842. The van der Waals surface area contributed by atoms with Crippen molar-refractivity contribution in [1.29, 1.82) is 0 Å². The minimum Gasteiger partial charge on any atom is -0.290 e. The molecule has 0 radical (unpaired) electrons. The number of nitrogens with one attached hydrogen (secondary N) is 2. The van der Waals surface area contributed by atoms with Gasteiger partial charge in [0, 0.05) is 6.20 Å². The van der Waals surface area contributed by atoms with Gasteiger partial charge in [0.25, 0.3) is 0 Å². The van der Waals surface area contributed by atoms with Crippen LogP contribution in [0.5, 0.6) is 0 Å². The van der Waals surface area contributed by atoms with Crippen LogP contribution in [0, 0.1) is 6.92 Å². The van der Waals surface area contributed by atoms with Gasteiger partial charge in [0.1, 0.15) is 5.82 Å². The highest BCUT2D eigenvalue weighted by Crippen LogP contribution is 2.08. The molecule has 0 bridgehead atoms. The van der Waals surface area contributed by atoms with E-state index in [2.05, 4.69) is 20.6 Å². The molecule has 1 aromatic heterocycles. The van der Waals surface area contributed by atoms with Crippen molar-refractivity contribution < 1.29 is 9.63 Å². The second kappa shape index (κ2) is 4.42. The lowest BCUT2D eigenvalue weighted by Gasteiger charge is -2.06. The van der Waals surface area contributed by atoms with Crippen molar-refractivity contribution >= 4 is 11.8 Å². The van der Waals surface area contributed by atoms with E-state index in [-0.39, 0.29) is 0 Å². The number of nitrogens with zero attached hydrogens (tertiary/aromatic N) is 1. The molecular weight excluding hydrogens is 170 g/mol. The third-order valence-corrected chi connectivity index (χ3v) is 1.44. The molecule has 13 heavy (non-hydrogen) atoms. The second-order valence-electron chi connectivity index (χ2n) is 2.43. The SMILES string of the molecule is CONC(=O)Nc1ncccc1C. The van der Waals surface area contributed by atoms with E-state index < -0.39 is 6.03 Å². The van der Waals surface area contributed by atoms with Crippen LogP contribution >= 0.6 is 0 Å². The summed E-state index contributed by atoms with van der Waals surface area (Å²) in [6, 6.07) is 3.22. The Kier molecular flexibility index (Phi) is 3.22. The maximum Gasteiger partial charge on any atom is 0.344 e. The van der Waals surface area contributed by atoms with Gasteiger partial charge < -0.3 is 0 Å². The zero-order chi connectivity index (χ0) is 9.68. The third kappa shape index (κ3) is 2.72. The van der Waals surface area contributed by atoms with Crippen molar-refractivity contribution in [3.63, 3.8) is 0 Å². The molecule has 1 aromatic rings. The van der Waals surface area contributed by atoms with Crippen molar-refractivity contribution in [2.24, 2.45) is 0 Å². The Morgan fingerprint density at radius 3 is 3.00 bits per heavy atom. The molecule has 0 aliphatic rings. The Balaban J connectivity index is 2.63. The molecule has 0 unspecified atom stereocenters. The van der Waals surface area contributed by atoms with Gasteiger partial charge in [-0.2, -0.15) is 0 Å². The second-order valence-corrected chi connectivity index (χ2v) is 2.43. The standard InChI is InChI=1S/C8H11N3O2/c1-6-4-3-5-9-7(6)10-8(12)11-13-2/h3-5H,1-2H3,(H2,9,10,11,12). The number of hydrogen-bond acceptors (Lipinski definition) is 3. The summed E-state index contributed by atoms with van der Waals surface area (Å²) in [6.45, 7) is 1.86. The van der Waals surface area contributed by atoms with Crippen LogP contribution in [0.25, 0.3) is 0 Å². The van der Waals surface area contributed by atoms with E-state index in [0.717, 1.165) is 5.56 Å². The Hall–Kier alpha value is -1.62. The molecule has 0 saturated carbocycles. The largest absolute Gasteiger partial charge is 0.344 e. The monoisotopic (exact) mass is 181 g/mol. The highest BCUT2D eigenvalue weighted by Gasteiger charge is 2.02. The van der Waals surface area contributed by atoms with Gasteiger partial charge in [-0.25, -0.2) is 15.3 Å². The normalized spacial score (nSPS) is 9.38. The predicted molar refractivity (Wildman–Crippen MR) is 48.1 cm³/mol. The molecule has 1 rings (SSSR count). The van der Waals surface area contributed by atoms with E-state index in [1.54, 1.807) is 12.3 Å². The van der Waals surface area contributed by atoms with Crippen LogP contribution in [-0.2, 0) is 4.84 Å². The summed E-state index contributed by atoms with van der Waals surface area (Å²) in [4.78, 5) is 19.4. The Morgan fingerprint density at radius 1 is 1.62 bits per heavy atom. The van der Waals surface area contributed by atoms with E-state index in [9.17, 15) is 4.79 Å². The van der Waals surface area contributed by atoms with E-state index in [0.29, 0.717) is 5.82 Å². The molecule has 0 aliphatic heterocycles. The summed E-state index contributed by atoms with van der Waals surface area (Å²) in [7, 11) is 1.37. The first kappa shape index (κ1) is 9.47. The van der Waals surface area contributed by atoms with E-state index >= 15 is 0 Å². The fourth-order valence-electron chi connectivity index (χ4n) is 0.842. The Bertz CT molecular complexity index is 301. The minimum absolute atomic E-state index is 0.440. The molecule has 0 saturated heterocycles. The number of anilines is 1. The molecule has 0 aliphatic carbocycles. The van der Waals surface area contributed by atoms with Gasteiger partial charge in [-0.05, 0) is 18.6 Å². The first-order valence-corrected chi connectivity index (χ1v) is 3.75. The number of aromatic nitrogens is 1. The van der Waals surface area contributed by atoms with E-state index in [1.807, 2.05) is 13.0 Å². The van der Waals surface area contributed by atoms with Crippen molar-refractivity contribution in [3.8, 4) is 0 Å². The number of urea groups is 1. The zero-order valence-corrected chi connectivity index (χ0v) is 7.50. The van der Waals surface area contributed by atoms with Gasteiger partial charge in [0.05, 0.1) is 7.11 Å². The van der Waals surface area contributed by atoms with E-state index in [4.69, 9.17) is 0 Å². The Labute approximate surface area is 76.1 Å². The molecule has 5 heteroatoms. The van der Waals surface area contributed by atoms with Crippen molar-refractivity contribution in [2.45, 2.75) is 6.92 Å². The van der Waals surface area contributed by atoms with Crippen molar-refractivity contribution in [3.05, 3.63) is 23.9 Å². The van der Waals surface area contributed by atoms with Gasteiger partial charge in [-0.15, -0.1) is 0 Å². The average Bonchev–Trinajstić information content (AvgIpc) is 2.09. The molecule has 0 fully saturated rings. The number of carbonyl (C=O) groups is 1. The molecule has 0 spiro atoms. The molecule has 1 heterocycles. The molecule has 2 N–H and O–H groups in total. The minimum atomic E-state index is -0.440. The van der Waals surface area contributed by atoms with Crippen molar-refractivity contribution in [1.82, 2.24) is 10.5 Å². The maximum atomic E-state index is 11.0. The quantitative estimate of drug-likeness (QED) is 0.671. The number of rotatable bonds is 2. The number of aryl methyl sites for hydroxylation is 1. The summed E-state index contributed by atoms with van der Waals surface area (Å²) in [5, 5.41) is 2.52. The smallest absolute Gasteiger partial charge is 0.290 e. The summed E-state index contributed by atoms with van der Waals surface area (Å²) in [5.41, 5.74) is 3.03. The highest BCUT2D eigenvalue weighted by molar-refractivity contribution is 5.88. The lowest BCUT2D eigenvalue weighted by Crippen LogP contribution is -2.28. The first-order chi connectivity index (χ1) is 6.24. The van der Waals surface area contributed by atoms with Gasteiger partial charge in [0.2, 0.25) is 0 Å². The van der Waals surface area contributed by atoms with Gasteiger partial charge in [-0.1, -0.05) is 6.07 Å². The van der Waals surface area contributed by atoms with Crippen LogP contribution in [-0.4, -0.2) is 18.1 Å². The van der Waals surface area contributed by atoms with Crippen LogP contribution in [0.1, 0.15) is 5.56 Å². The van der Waals surface area contributed by atoms with Crippen LogP contribution in [0.4, 0.5) is 10.6 Å². The van der Waals surface area contributed by atoms with Crippen LogP contribution < -0.4 is 10.8 Å². The summed E-state index contributed by atoms with van der Waals surface area (Å²) < 4.78 is 0. The number of hydrogen-bond donors (Lipinski definition) is 2. The van der Waals surface area contributed by atoms with Crippen LogP contribution in [0.15, 0.2) is 18.3 Å². The number of hydroxylamine groups is 1. The Morgan fingerprint density at radius 2 is 2.38 bits per heavy atom. The lowest BCUT2D eigenvalue weighted by atomic mass is 10.3. The molecule has 2 amide bonds. The topological polar surface area (TPSA) is 63.2 Å². The average molecular weight is 181 g/mol. The highest BCUT2D eigenvalue weighted by atomic mass is 16.6. The van der Waals surface area contributed by atoms with Gasteiger partial charge in [0.15, 0.2) is 0 Å². The lowest BCUT2D eigenvalue weighted by molar-refractivity contribution is 0.114. The number of amides is 2. The third-order valence-electron chi connectivity index (χ3n) is 1.44. The molecular formula is C8H11N3O2. The summed E-state index contributed by atoms with van der Waals surface area (Å²) >= 11 is 0. The van der Waals surface area contributed by atoms with Gasteiger partial charge >= 0.3 is 6.03 Å². The number of carbonyl (C=O) groups excluding carboxylic acids is 1. The predicted octanol–water partition coefficient (Wildman–Crippen LogP) is 1.07. The summed E-state index contributed by atoms with van der Waals surface area (Å²) in [6.07, 6.45) is 1.61. The molecule has 0 aromatic carbocycles. The molecule has 0 atom stereocenters. The van der Waals surface area contributed by atoms with Crippen LogP contribution in [0.3, 0.4) is 0 Å². The van der Waals surface area contributed by atoms with Crippen molar-refractivity contribution in [2.75, 3.05) is 12.4 Å². The first-order valence-electron chi connectivity index (χ1n) is 3.75. The molecule has 70 valence electrons. The fraction of sp³-hybridized carbons (Fsp3) is 0.250. The zero-order valence-electron chi connectivity index (χ0n) is 7.50. The van der Waals surface area contributed by atoms with E-state index in [1.165, 1.54) is 7.11 Å². The number of pyridine rings is 1. The molecule has 5 nitrogen and oxygen atoms in total. The maximum absolute atomic E-state index is 11.0. The van der Waals surface area contributed by atoms with Crippen LogP contribution in [0.2, 0.25) is 0 Å². The summed E-state index contributed by atoms with van der Waals surface area (Å²) in [5.74, 6) is 0.525. The van der Waals surface area contributed by atoms with Gasteiger partial charge in [-0.3, -0.25) is 10.2 Å².